The highest BCUT2D eigenvalue weighted by Gasteiger charge is 2.04. The minimum Gasteiger partial charge on any atom is -0.490 e. The zero-order chi connectivity index (χ0) is 20.3. The maximum Gasteiger partial charge on any atom is 0.159 e. The smallest absolute Gasteiger partial charge is 0.159 e. The van der Waals surface area contributed by atoms with Gasteiger partial charge in [0, 0.05) is 5.56 Å². The lowest BCUT2D eigenvalue weighted by molar-refractivity contribution is 0.305. The second-order valence-electron chi connectivity index (χ2n) is 6.73. The molecule has 1 aromatic heterocycles. The third-order valence-electron chi connectivity index (χ3n) is 4.55. The van der Waals surface area contributed by atoms with Gasteiger partial charge in [-0.15, -0.1) is 0 Å². The standard InChI is InChI=1S/C25H25N3O/c1-2-3-4-5-6-7-16-29-24-18-27-25(28-19-24)23-14-12-22(13-15-23)21-10-8-20(17-26)9-11-21/h3-4,8-15,18-19H,2,5-7,16H2,1H3/b4-3-. The molecule has 0 N–H and O–H groups in total. The molecule has 3 aromatic rings. The molecule has 2 aromatic carbocycles. The van der Waals surface area contributed by atoms with Crippen molar-refractivity contribution in [1.82, 2.24) is 9.97 Å². The Bertz CT molecular complexity index is 953. The first-order valence-corrected chi connectivity index (χ1v) is 10.0. The monoisotopic (exact) mass is 383 g/mol. The normalized spacial score (nSPS) is 10.8. The first-order valence-electron chi connectivity index (χ1n) is 10.0. The van der Waals surface area contributed by atoms with Crippen molar-refractivity contribution in [3.8, 4) is 34.3 Å². The second kappa shape index (κ2) is 10.8. The van der Waals surface area contributed by atoms with Gasteiger partial charge in [-0.2, -0.15) is 5.26 Å². The van der Waals surface area contributed by atoms with Crippen LogP contribution in [0.4, 0.5) is 0 Å². The maximum absolute atomic E-state index is 8.91. The number of ether oxygens (including phenoxy) is 1. The zero-order valence-electron chi connectivity index (χ0n) is 16.7. The summed E-state index contributed by atoms with van der Waals surface area (Å²) in [7, 11) is 0. The Balaban J connectivity index is 1.54. The summed E-state index contributed by atoms with van der Waals surface area (Å²) in [6.07, 6.45) is 12.2. The van der Waals surface area contributed by atoms with Crippen LogP contribution in [0, 0.1) is 11.3 Å². The molecule has 146 valence electrons. The Morgan fingerprint density at radius 1 is 0.862 bits per heavy atom. The predicted octanol–water partition coefficient (Wildman–Crippen LogP) is 6.20. The van der Waals surface area contributed by atoms with Crippen LogP contribution >= 0.6 is 0 Å². The number of rotatable bonds is 9. The van der Waals surface area contributed by atoms with Gasteiger partial charge in [0.15, 0.2) is 11.6 Å². The Morgan fingerprint density at radius 3 is 2.10 bits per heavy atom. The van der Waals surface area contributed by atoms with Crippen LogP contribution in [-0.2, 0) is 0 Å². The quantitative estimate of drug-likeness (QED) is 0.326. The van der Waals surface area contributed by atoms with Crippen molar-refractivity contribution in [2.45, 2.75) is 32.6 Å². The number of hydrogen-bond acceptors (Lipinski definition) is 4. The fraction of sp³-hybridized carbons (Fsp3) is 0.240. The largest absolute Gasteiger partial charge is 0.490 e. The minimum absolute atomic E-state index is 0.661. The molecule has 0 spiro atoms. The molecule has 4 heteroatoms. The maximum atomic E-state index is 8.91. The van der Waals surface area contributed by atoms with Gasteiger partial charge in [-0.3, -0.25) is 0 Å². The van der Waals surface area contributed by atoms with Crippen molar-refractivity contribution >= 4 is 0 Å². The summed E-state index contributed by atoms with van der Waals surface area (Å²) in [5.41, 5.74) is 3.78. The summed E-state index contributed by atoms with van der Waals surface area (Å²) in [5, 5.41) is 8.91. The Kier molecular flexibility index (Phi) is 7.54. The lowest BCUT2D eigenvalue weighted by Gasteiger charge is -2.07. The highest BCUT2D eigenvalue weighted by molar-refractivity contribution is 5.68. The van der Waals surface area contributed by atoms with E-state index in [0.29, 0.717) is 23.7 Å². The van der Waals surface area contributed by atoms with E-state index in [0.717, 1.165) is 42.4 Å². The van der Waals surface area contributed by atoms with Gasteiger partial charge in [-0.1, -0.05) is 55.5 Å². The van der Waals surface area contributed by atoms with Gasteiger partial charge in [0.25, 0.3) is 0 Å². The molecule has 4 nitrogen and oxygen atoms in total. The van der Waals surface area contributed by atoms with Crippen LogP contribution in [0.3, 0.4) is 0 Å². The number of nitrogens with zero attached hydrogens (tertiary/aromatic N) is 3. The van der Waals surface area contributed by atoms with E-state index in [2.05, 4.69) is 35.1 Å². The highest BCUT2D eigenvalue weighted by Crippen LogP contribution is 2.24. The number of hydrogen-bond donors (Lipinski definition) is 0. The molecular formula is C25H25N3O. The third-order valence-corrected chi connectivity index (χ3v) is 4.55. The van der Waals surface area contributed by atoms with Crippen molar-refractivity contribution in [1.29, 1.82) is 5.26 Å². The molecule has 3 rings (SSSR count). The van der Waals surface area contributed by atoms with E-state index in [1.807, 2.05) is 48.5 Å². The van der Waals surface area contributed by atoms with Crippen molar-refractivity contribution in [3.05, 3.63) is 78.6 Å². The molecule has 0 amide bonds. The Hall–Kier alpha value is -3.45. The Morgan fingerprint density at radius 2 is 1.48 bits per heavy atom. The van der Waals surface area contributed by atoms with Crippen LogP contribution in [0.25, 0.3) is 22.5 Å². The third kappa shape index (κ3) is 6.02. The molecule has 0 aliphatic carbocycles. The number of aromatic nitrogens is 2. The van der Waals surface area contributed by atoms with Crippen molar-refractivity contribution in [2.24, 2.45) is 0 Å². The van der Waals surface area contributed by atoms with Crippen molar-refractivity contribution in [3.63, 3.8) is 0 Å². The van der Waals surface area contributed by atoms with E-state index in [9.17, 15) is 0 Å². The van der Waals surface area contributed by atoms with Gasteiger partial charge in [-0.05, 0) is 48.9 Å². The molecule has 1 heterocycles. The van der Waals surface area contributed by atoms with Gasteiger partial charge in [0.1, 0.15) is 0 Å². The van der Waals surface area contributed by atoms with E-state index < -0.39 is 0 Å². The molecular weight excluding hydrogens is 358 g/mol. The first-order chi connectivity index (χ1) is 14.3. The van der Waals surface area contributed by atoms with Gasteiger partial charge in [0.05, 0.1) is 30.6 Å². The average molecular weight is 383 g/mol. The molecule has 29 heavy (non-hydrogen) atoms. The summed E-state index contributed by atoms with van der Waals surface area (Å²) in [6, 6.07) is 17.8. The molecule has 0 atom stereocenters. The topological polar surface area (TPSA) is 58.8 Å². The second-order valence-corrected chi connectivity index (χ2v) is 6.73. The molecule has 0 unspecified atom stereocenters. The minimum atomic E-state index is 0.661. The Labute approximate surface area is 172 Å². The van der Waals surface area contributed by atoms with Gasteiger partial charge in [0.2, 0.25) is 0 Å². The number of unbranched alkanes of at least 4 members (excludes halogenated alkanes) is 2. The number of allylic oxidation sites excluding steroid dienone is 2. The van der Waals surface area contributed by atoms with Crippen LogP contribution in [0.1, 0.15) is 38.2 Å². The molecule has 0 aliphatic heterocycles. The fourth-order valence-corrected chi connectivity index (χ4v) is 2.93. The van der Waals surface area contributed by atoms with Crippen LogP contribution in [-0.4, -0.2) is 16.6 Å². The molecule has 0 radical (unpaired) electrons. The van der Waals surface area contributed by atoms with Crippen molar-refractivity contribution in [2.75, 3.05) is 6.61 Å². The van der Waals surface area contributed by atoms with Crippen LogP contribution in [0.15, 0.2) is 73.1 Å². The zero-order valence-corrected chi connectivity index (χ0v) is 16.7. The van der Waals surface area contributed by atoms with E-state index in [1.54, 1.807) is 12.4 Å². The summed E-state index contributed by atoms with van der Waals surface area (Å²) in [6.45, 7) is 2.83. The predicted molar refractivity (Wildman–Crippen MR) is 116 cm³/mol. The lowest BCUT2D eigenvalue weighted by Crippen LogP contribution is -1.99. The molecule has 0 saturated carbocycles. The van der Waals surface area contributed by atoms with E-state index in [-0.39, 0.29) is 0 Å². The van der Waals surface area contributed by atoms with E-state index in [4.69, 9.17) is 10.00 Å². The average Bonchev–Trinajstić information content (AvgIpc) is 2.79. The number of nitriles is 1. The van der Waals surface area contributed by atoms with Crippen LogP contribution in [0.2, 0.25) is 0 Å². The van der Waals surface area contributed by atoms with Crippen molar-refractivity contribution < 1.29 is 4.74 Å². The summed E-state index contributed by atoms with van der Waals surface area (Å²) < 4.78 is 5.73. The molecule has 0 aliphatic rings. The summed E-state index contributed by atoms with van der Waals surface area (Å²) in [5.74, 6) is 1.38. The molecule has 0 saturated heterocycles. The first kappa shape index (κ1) is 20.3. The summed E-state index contributed by atoms with van der Waals surface area (Å²) in [4.78, 5) is 8.86. The van der Waals surface area contributed by atoms with Gasteiger partial charge in [-0.25, -0.2) is 9.97 Å². The van der Waals surface area contributed by atoms with E-state index >= 15 is 0 Å². The van der Waals surface area contributed by atoms with E-state index in [1.165, 1.54) is 0 Å². The molecule has 0 fully saturated rings. The van der Waals surface area contributed by atoms with Crippen LogP contribution < -0.4 is 4.74 Å². The SMILES string of the molecule is CC/C=C\CCCCOc1cnc(-c2ccc(-c3ccc(C#N)cc3)cc2)nc1. The van der Waals surface area contributed by atoms with Gasteiger partial charge < -0.3 is 4.74 Å². The lowest BCUT2D eigenvalue weighted by atomic mass is 10.0. The highest BCUT2D eigenvalue weighted by atomic mass is 16.5. The fourth-order valence-electron chi connectivity index (χ4n) is 2.93. The van der Waals surface area contributed by atoms with Crippen LogP contribution in [0.5, 0.6) is 5.75 Å². The summed E-state index contributed by atoms with van der Waals surface area (Å²) >= 11 is 0. The van der Waals surface area contributed by atoms with Gasteiger partial charge >= 0.3 is 0 Å². The number of benzene rings is 2. The molecule has 0 bridgehead atoms.